The van der Waals surface area contributed by atoms with Gasteiger partial charge in [0.1, 0.15) is 6.04 Å². The predicted octanol–water partition coefficient (Wildman–Crippen LogP) is 3.18. The Kier molecular flexibility index (Phi) is 3.86. The van der Waals surface area contributed by atoms with E-state index in [0.29, 0.717) is 10.7 Å². The molecule has 0 unspecified atom stereocenters. The summed E-state index contributed by atoms with van der Waals surface area (Å²) in [5, 5.41) is 4.93. The number of hydrogen-bond donors (Lipinski definition) is 0. The van der Waals surface area contributed by atoms with E-state index in [1.807, 2.05) is 0 Å². The molecule has 3 aliphatic heterocycles. The Labute approximate surface area is 163 Å². The van der Waals surface area contributed by atoms with Crippen LogP contribution in [0.25, 0.3) is 0 Å². The van der Waals surface area contributed by atoms with Crippen LogP contribution in [0.3, 0.4) is 0 Å². The molecular weight excluding hydrogens is 362 g/mol. The number of imide groups is 1. The topological polar surface area (TPSA) is 43.9 Å². The van der Waals surface area contributed by atoms with Crippen molar-refractivity contribution in [2.24, 2.45) is 5.92 Å². The fourth-order valence-corrected chi connectivity index (χ4v) is 4.85. The first kappa shape index (κ1) is 16.9. The van der Waals surface area contributed by atoms with E-state index in [2.05, 4.69) is 41.2 Å². The van der Waals surface area contributed by atoms with Crippen LogP contribution in [0.2, 0.25) is 5.02 Å². The Morgan fingerprint density at radius 1 is 0.852 bits per heavy atom. The Morgan fingerprint density at radius 3 is 2.15 bits per heavy atom. The number of hydrazine groups is 1. The van der Waals surface area contributed by atoms with Gasteiger partial charge >= 0.3 is 0 Å². The highest BCUT2D eigenvalue weighted by molar-refractivity contribution is 6.31. The molecule has 27 heavy (non-hydrogen) atoms. The minimum Gasteiger partial charge on any atom is -0.274 e. The zero-order valence-corrected chi connectivity index (χ0v) is 15.8. The van der Waals surface area contributed by atoms with E-state index in [1.165, 1.54) is 10.5 Å². The minimum absolute atomic E-state index is 0.0909. The number of anilines is 1. The van der Waals surface area contributed by atoms with Crippen LogP contribution in [0.15, 0.2) is 48.5 Å². The standard InChI is InChI=1S/C21H20ClN3O2/c1-13-3-5-14(6-4-13)18-17-19(24-12-2-11-23(18)24)21(27)25(20(17)26)16-9-7-15(22)8-10-16/h3-10,17-19H,2,11-12H2,1H3/t17-,18+,19-/m0/s1. The molecule has 0 bridgehead atoms. The Balaban J connectivity index is 1.57. The number of nitrogens with zero attached hydrogens (tertiary/aromatic N) is 3. The molecule has 5 nitrogen and oxygen atoms in total. The largest absolute Gasteiger partial charge is 0.274 e. The number of carbonyl (C=O) groups is 2. The first-order valence-corrected chi connectivity index (χ1v) is 9.67. The third-order valence-electron chi connectivity index (χ3n) is 5.91. The zero-order valence-electron chi connectivity index (χ0n) is 15.0. The second-order valence-corrected chi connectivity index (χ2v) is 7.93. The summed E-state index contributed by atoms with van der Waals surface area (Å²) in [4.78, 5) is 28.0. The van der Waals surface area contributed by atoms with Gasteiger partial charge in [0.05, 0.1) is 17.6 Å². The number of amides is 2. The highest BCUT2D eigenvalue weighted by Crippen LogP contribution is 2.48. The van der Waals surface area contributed by atoms with Gasteiger partial charge in [0.2, 0.25) is 5.91 Å². The van der Waals surface area contributed by atoms with E-state index in [-0.39, 0.29) is 23.8 Å². The third kappa shape index (κ3) is 2.46. The highest BCUT2D eigenvalue weighted by atomic mass is 35.5. The number of rotatable bonds is 2. The fourth-order valence-electron chi connectivity index (χ4n) is 4.72. The molecule has 3 heterocycles. The molecule has 6 heteroatoms. The van der Waals surface area contributed by atoms with Crippen molar-refractivity contribution in [3.8, 4) is 0 Å². The summed E-state index contributed by atoms with van der Waals surface area (Å²) in [5.41, 5.74) is 2.87. The van der Waals surface area contributed by atoms with E-state index in [9.17, 15) is 9.59 Å². The molecular formula is C21H20ClN3O2. The Bertz CT molecular complexity index is 912. The van der Waals surface area contributed by atoms with Crippen molar-refractivity contribution in [3.05, 3.63) is 64.7 Å². The quantitative estimate of drug-likeness (QED) is 0.749. The molecule has 2 amide bonds. The molecule has 138 valence electrons. The Hall–Kier alpha value is -2.21. The van der Waals surface area contributed by atoms with E-state index in [0.717, 1.165) is 25.1 Å². The van der Waals surface area contributed by atoms with Crippen molar-refractivity contribution in [2.45, 2.75) is 25.4 Å². The fraction of sp³-hybridized carbons (Fsp3) is 0.333. The van der Waals surface area contributed by atoms with Crippen LogP contribution in [-0.2, 0) is 9.59 Å². The summed E-state index contributed by atoms with van der Waals surface area (Å²) < 4.78 is 0. The SMILES string of the molecule is Cc1ccc([C@@H]2[C@@H]3C(=O)N(c4ccc(Cl)cc4)C(=O)[C@H]3N3CCCN23)cc1. The number of fused-ring (bicyclic) bond motifs is 3. The molecule has 0 N–H and O–H groups in total. The predicted molar refractivity (Wildman–Crippen MR) is 103 cm³/mol. The van der Waals surface area contributed by atoms with Crippen LogP contribution >= 0.6 is 11.6 Å². The van der Waals surface area contributed by atoms with Gasteiger partial charge in [0, 0.05) is 18.1 Å². The van der Waals surface area contributed by atoms with Crippen LogP contribution < -0.4 is 4.90 Å². The van der Waals surface area contributed by atoms with Gasteiger partial charge in [-0.05, 0) is 43.2 Å². The van der Waals surface area contributed by atoms with Gasteiger partial charge in [0.25, 0.3) is 5.91 Å². The van der Waals surface area contributed by atoms with Gasteiger partial charge in [-0.1, -0.05) is 41.4 Å². The molecule has 0 saturated carbocycles. The van der Waals surface area contributed by atoms with Crippen LogP contribution in [0, 0.1) is 12.8 Å². The maximum Gasteiger partial charge on any atom is 0.253 e. The maximum absolute atomic E-state index is 13.4. The molecule has 0 aromatic heterocycles. The molecule has 0 aliphatic carbocycles. The maximum atomic E-state index is 13.4. The number of halogens is 1. The van der Waals surface area contributed by atoms with Crippen molar-refractivity contribution in [1.29, 1.82) is 0 Å². The summed E-state index contributed by atoms with van der Waals surface area (Å²) >= 11 is 5.97. The molecule has 3 aliphatic rings. The van der Waals surface area contributed by atoms with E-state index in [4.69, 9.17) is 11.6 Å². The monoisotopic (exact) mass is 381 g/mol. The van der Waals surface area contributed by atoms with Crippen LogP contribution in [0.5, 0.6) is 0 Å². The highest BCUT2D eigenvalue weighted by Gasteiger charge is 2.62. The van der Waals surface area contributed by atoms with Gasteiger partial charge in [-0.15, -0.1) is 0 Å². The lowest BCUT2D eigenvalue weighted by atomic mass is 9.89. The smallest absolute Gasteiger partial charge is 0.253 e. The lowest BCUT2D eigenvalue weighted by Gasteiger charge is -2.29. The first-order chi connectivity index (χ1) is 13.1. The van der Waals surface area contributed by atoms with Crippen molar-refractivity contribution < 1.29 is 9.59 Å². The number of benzene rings is 2. The lowest BCUT2D eigenvalue weighted by Crippen LogP contribution is -2.44. The average molecular weight is 382 g/mol. The van der Waals surface area contributed by atoms with Crippen LogP contribution in [0.1, 0.15) is 23.6 Å². The van der Waals surface area contributed by atoms with Crippen LogP contribution in [0.4, 0.5) is 5.69 Å². The number of hydrogen-bond acceptors (Lipinski definition) is 4. The van der Waals surface area contributed by atoms with Gasteiger partial charge in [0.15, 0.2) is 0 Å². The first-order valence-electron chi connectivity index (χ1n) is 9.29. The molecule has 0 radical (unpaired) electrons. The summed E-state index contributed by atoms with van der Waals surface area (Å²) in [6.45, 7) is 3.75. The van der Waals surface area contributed by atoms with Crippen molar-refractivity contribution in [2.75, 3.05) is 18.0 Å². The molecule has 0 spiro atoms. The Morgan fingerprint density at radius 2 is 1.48 bits per heavy atom. The van der Waals surface area contributed by atoms with Gasteiger partial charge in [-0.2, -0.15) is 0 Å². The zero-order chi connectivity index (χ0) is 18.7. The van der Waals surface area contributed by atoms with Crippen molar-refractivity contribution in [1.82, 2.24) is 10.0 Å². The molecule has 2 aromatic carbocycles. The van der Waals surface area contributed by atoms with E-state index in [1.54, 1.807) is 24.3 Å². The molecule has 3 atom stereocenters. The summed E-state index contributed by atoms with van der Waals surface area (Å²) in [7, 11) is 0. The average Bonchev–Trinajstić information content (AvgIpc) is 3.30. The molecule has 3 saturated heterocycles. The van der Waals surface area contributed by atoms with E-state index >= 15 is 0 Å². The minimum atomic E-state index is -0.415. The van der Waals surface area contributed by atoms with Gasteiger partial charge in [-0.3, -0.25) is 9.59 Å². The summed E-state index contributed by atoms with van der Waals surface area (Å²) in [6.07, 6.45) is 1.01. The van der Waals surface area contributed by atoms with E-state index < -0.39 is 6.04 Å². The number of aryl methyl sites for hydroxylation is 1. The summed E-state index contributed by atoms with van der Waals surface area (Å²) in [5.74, 6) is -0.627. The van der Waals surface area contributed by atoms with Crippen LogP contribution in [-0.4, -0.2) is 41.0 Å². The molecule has 5 rings (SSSR count). The normalized spacial score (nSPS) is 28.1. The van der Waals surface area contributed by atoms with Crippen molar-refractivity contribution in [3.63, 3.8) is 0 Å². The molecule has 2 aromatic rings. The van der Waals surface area contributed by atoms with Gasteiger partial charge < -0.3 is 0 Å². The second-order valence-electron chi connectivity index (χ2n) is 7.49. The second kappa shape index (κ2) is 6.16. The third-order valence-corrected chi connectivity index (χ3v) is 6.16. The lowest BCUT2D eigenvalue weighted by molar-refractivity contribution is -0.126. The molecule has 3 fully saturated rings. The number of carbonyl (C=O) groups excluding carboxylic acids is 2. The van der Waals surface area contributed by atoms with Gasteiger partial charge in [-0.25, -0.2) is 14.9 Å². The van der Waals surface area contributed by atoms with Crippen molar-refractivity contribution >= 4 is 29.1 Å². The summed E-state index contributed by atoms with van der Waals surface area (Å²) in [6, 6.07) is 14.7.